The zero-order valence-electron chi connectivity index (χ0n) is 15.6. The molecule has 0 radical (unpaired) electrons. The van der Waals surface area contributed by atoms with Gasteiger partial charge in [-0.2, -0.15) is 0 Å². The maximum atomic E-state index is 13.4. The van der Waals surface area contributed by atoms with Crippen LogP contribution in [0.1, 0.15) is 82.1 Å². The van der Waals surface area contributed by atoms with Gasteiger partial charge >= 0.3 is 0 Å². The molecule has 0 atom stereocenters. The van der Waals surface area contributed by atoms with Crippen LogP contribution in [0.5, 0.6) is 0 Å². The molecular weight excluding hydrogens is 333 g/mol. The topological polar surface area (TPSA) is 0 Å². The monoisotopic (exact) mass is 364 g/mol. The Bertz CT molecular complexity index is 579. The first-order valence-electron chi connectivity index (χ1n) is 10.4. The fraction of sp³-hybridized carbons (Fsp3) is 0.652. The van der Waals surface area contributed by atoms with Gasteiger partial charge in [0, 0.05) is 0 Å². The molecule has 0 bridgehead atoms. The molecule has 2 saturated carbocycles. The third-order valence-electron chi connectivity index (χ3n) is 6.77. The first-order chi connectivity index (χ1) is 12.7. The van der Waals surface area contributed by atoms with Gasteiger partial charge in [-0.25, -0.2) is 13.2 Å². The first-order valence-corrected chi connectivity index (χ1v) is 10.4. The number of hydrogen-bond acceptors (Lipinski definition) is 0. The van der Waals surface area contributed by atoms with Gasteiger partial charge in [0.25, 0.3) is 0 Å². The molecule has 0 amide bonds. The second kappa shape index (κ2) is 9.62. The molecule has 3 rings (SSSR count). The highest BCUT2D eigenvalue weighted by Gasteiger charge is 2.25. The molecule has 2 aliphatic carbocycles. The maximum Gasteiger partial charge on any atom is 0.159 e. The molecule has 0 saturated heterocycles. The van der Waals surface area contributed by atoms with Crippen molar-refractivity contribution in [2.24, 2.45) is 17.8 Å². The molecule has 2 fully saturated rings. The van der Waals surface area contributed by atoms with E-state index in [1.54, 1.807) is 12.1 Å². The average molecular weight is 364 g/mol. The van der Waals surface area contributed by atoms with E-state index in [0.717, 1.165) is 36.7 Å². The highest BCUT2D eigenvalue weighted by molar-refractivity contribution is 5.22. The molecule has 144 valence electrons. The molecule has 26 heavy (non-hydrogen) atoms. The molecule has 0 nitrogen and oxygen atoms in total. The van der Waals surface area contributed by atoms with Crippen LogP contribution in [0.15, 0.2) is 30.6 Å². The highest BCUT2D eigenvalue weighted by Crippen LogP contribution is 2.40. The van der Waals surface area contributed by atoms with Gasteiger partial charge in [0.1, 0.15) is 0 Å². The molecule has 0 aliphatic heterocycles. The van der Waals surface area contributed by atoms with Gasteiger partial charge in [0.15, 0.2) is 11.6 Å². The molecular formula is C23H31F3. The summed E-state index contributed by atoms with van der Waals surface area (Å²) in [5.74, 6) is 1.25. The van der Waals surface area contributed by atoms with Crippen LogP contribution in [0.3, 0.4) is 0 Å². The standard InChI is InChI=1S/C23H31F3/c24-15-1-2-17-3-5-18(6-4-17)7-8-19-9-11-20(12-10-19)21-13-14-22(25)23(26)16-21/h1,13-20H,2-12H2/b15-1+. The van der Waals surface area contributed by atoms with Gasteiger partial charge < -0.3 is 0 Å². The smallest absolute Gasteiger partial charge is 0.159 e. The molecule has 0 heterocycles. The summed E-state index contributed by atoms with van der Waals surface area (Å²) in [5.41, 5.74) is 0.961. The molecule has 3 heteroatoms. The lowest BCUT2D eigenvalue weighted by atomic mass is 9.74. The van der Waals surface area contributed by atoms with E-state index >= 15 is 0 Å². The lowest BCUT2D eigenvalue weighted by Gasteiger charge is -2.32. The third kappa shape index (κ3) is 5.37. The van der Waals surface area contributed by atoms with Crippen molar-refractivity contribution in [1.29, 1.82) is 0 Å². The van der Waals surface area contributed by atoms with Crippen LogP contribution < -0.4 is 0 Å². The molecule has 0 N–H and O–H groups in total. The van der Waals surface area contributed by atoms with Gasteiger partial charge in [-0.3, -0.25) is 0 Å². The summed E-state index contributed by atoms with van der Waals surface area (Å²) in [6, 6.07) is 4.40. The molecule has 0 unspecified atom stereocenters. The van der Waals surface area contributed by atoms with Crippen molar-refractivity contribution in [1.82, 2.24) is 0 Å². The van der Waals surface area contributed by atoms with E-state index in [0.29, 0.717) is 18.2 Å². The lowest BCUT2D eigenvalue weighted by molar-refractivity contribution is 0.231. The minimum atomic E-state index is -0.752. The van der Waals surface area contributed by atoms with Crippen molar-refractivity contribution in [3.05, 3.63) is 47.8 Å². The van der Waals surface area contributed by atoms with Crippen molar-refractivity contribution in [2.45, 2.75) is 76.5 Å². The second-order valence-corrected chi connectivity index (χ2v) is 8.45. The summed E-state index contributed by atoms with van der Waals surface area (Å²) >= 11 is 0. The Balaban J connectivity index is 1.36. The van der Waals surface area contributed by atoms with E-state index in [-0.39, 0.29) is 0 Å². The molecule has 1 aromatic rings. The van der Waals surface area contributed by atoms with Gasteiger partial charge in [-0.05, 0) is 86.3 Å². The Kier molecular flexibility index (Phi) is 7.22. The van der Waals surface area contributed by atoms with Crippen molar-refractivity contribution in [3.8, 4) is 0 Å². The number of rotatable bonds is 6. The lowest BCUT2D eigenvalue weighted by Crippen LogP contribution is -2.17. The van der Waals surface area contributed by atoms with Crippen LogP contribution in [0, 0.1) is 29.4 Å². The van der Waals surface area contributed by atoms with Crippen LogP contribution in [0.25, 0.3) is 0 Å². The highest BCUT2D eigenvalue weighted by atomic mass is 19.2. The summed E-state index contributed by atoms with van der Waals surface area (Å²) in [5, 5.41) is 0. The largest absolute Gasteiger partial charge is 0.216 e. The summed E-state index contributed by atoms with van der Waals surface area (Å²) in [4.78, 5) is 0. The van der Waals surface area contributed by atoms with Crippen molar-refractivity contribution >= 4 is 0 Å². The van der Waals surface area contributed by atoms with Crippen LogP contribution >= 0.6 is 0 Å². The first kappa shape index (κ1) is 19.5. The molecule has 2 aliphatic rings. The summed E-state index contributed by atoms with van der Waals surface area (Å²) in [7, 11) is 0. The zero-order valence-corrected chi connectivity index (χ0v) is 15.6. The van der Waals surface area contributed by atoms with Crippen LogP contribution in [0.2, 0.25) is 0 Å². The quantitative estimate of drug-likeness (QED) is 0.485. The van der Waals surface area contributed by atoms with Crippen molar-refractivity contribution in [3.63, 3.8) is 0 Å². The van der Waals surface area contributed by atoms with Gasteiger partial charge in [-0.15, -0.1) is 0 Å². The number of allylic oxidation sites excluding steroid dienone is 1. The van der Waals surface area contributed by atoms with Gasteiger partial charge in [0.05, 0.1) is 6.33 Å². The van der Waals surface area contributed by atoms with Crippen molar-refractivity contribution in [2.75, 3.05) is 0 Å². The minimum Gasteiger partial charge on any atom is -0.216 e. The third-order valence-corrected chi connectivity index (χ3v) is 6.77. The Hall–Kier alpha value is -1.25. The molecule has 1 aromatic carbocycles. The Morgan fingerprint density at radius 2 is 1.35 bits per heavy atom. The number of hydrogen-bond donors (Lipinski definition) is 0. The summed E-state index contributed by atoms with van der Waals surface area (Å²) in [6.45, 7) is 0. The van der Waals surface area contributed by atoms with Gasteiger partial charge in [-0.1, -0.05) is 37.8 Å². The number of halogens is 3. The van der Waals surface area contributed by atoms with E-state index in [1.165, 1.54) is 63.5 Å². The molecule has 0 aromatic heterocycles. The van der Waals surface area contributed by atoms with E-state index in [9.17, 15) is 13.2 Å². The normalized spacial score (nSPS) is 30.0. The predicted molar refractivity (Wildman–Crippen MR) is 101 cm³/mol. The zero-order chi connectivity index (χ0) is 18.4. The minimum absolute atomic E-state index is 0.389. The predicted octanol–water partition coefficient (Wildman–Crippen LogP) is 7.70. The van der Waals surface area contributed by atoms with Gasteiger partial charge in [0.2, 0.25) is 0 Å². The SMILES string of the molecule is F/C=C/CC1CCC(CCC2CCC(c3ccc(F)c(F)c3)CC2)CC1. The van der Waals surface area contributed by atoms with E-state index in [1.807, 2.05) is 0 Å². The summed E-state index contributed by atoms with van der Waals surface area (Å²) < 4.78 is 38.6. The van der Waals surface area contributed by atoms with E-state index in [4.69, 9.17) is 0 Å². The Morgan fingerprint density at radius 3 is 1.92 bits per heavy atom. The van der Waals surface area contributed by atoms with E-state index in [2.05, 4.69) is 0 Å². The fourth-order valence-electron chi connectivity index (χ4n) is 5.02. The average Bonchev–Trinajstić information content (AvgIpc) is 2.68. The second-order valence-electron chi connectivity index (χ2n) is 8.45. The van der Waals surface area contributed by atoms with E-state index < -0.39 is 11.6 Å². The Labute approximate surface area is 155 Å². The molecule has 0 spiro atoms. The maximum absolute atomic E-state index is 13.4. The number of benzene rings is 1. The van der Waals surface area contributed by atoms with Crippen LogP contribution in [-0.4, -0.2) is 0 Å². The fourth-order valence-corrected chi connectivity index (χ4v) is 5.02. The summed E-state index contributed by atoms with van der Waals surface area (Å²) in [6.07, 6.45) is 15.6. The van der Waals surface area contributed by atoms with Crippen molar-refractivity contribution < 1.29 is 13.2 Å². The van der Waals surface area contributed by atoms with Crippen LogP contribution in [0.4, 0.5) is 13.2 Å². The Morgan fingerprint density at radius 1 is 0.769 bits per heavy atom. The van der Waals surface area contributed by atoms with Crippen LogP contribution in [-0.2, 0) is 0 Å².